The van der Waals surface area contributed by atoms with Gasteiger partial charge in [0, 0.05) is 5.92 Å². The Balaban J connectivity index is 2.25. The molecule has 1 atom stereocenters. The lowest BCUT2D eigenvalue weighted by atomic mass is 9.87. The van der Waals surface area contributed by atoms with Gasteiger partial charge in [0.25, 0.3) is 0 Å². The van der Waals surface area contributed by atoms with Gasteiger partial charge in [0.05, 0.1) is 0 Å². The van der Waals surface area contributed by atoms with Gasteiger partial charge in [-0.05, 0) is 40.8 Å². The number of hydrogen-bond donors (Lipinski definition) is 0. The van der Waals surface area contributed by atoms with Crippen molar-refractivity contribution in [2.75, 3.05) is 0 Å². The Bertz CT molecular complexity index is 803. The van der Waals surface area contributed by atoms with E-state index in [1.807, 2.05) is 6.07 Å². The molecule has 0 saturated carbocycles. The molecule has 3 aromatic rings. The van der Waals surface area contributed by atoms with Crippen LogP contribution in [-0.4, -0.2) is 5.78 Å². The molecular weight excluding hydrogens is 268 g/mol. The highest BCUT2D eigenvalue weighted by Crippen LogP contribution is 2.34. The van der Waals surface area contributed by atoms with Crippen molar-refractivity contribution >= 4 is 16.6 Å². The molecule has 110 valence electrons. The lowest BCUT2D eigenvalue weighted by molar-refractivity contribution is -0.118. The predicted molar refractivity (Wildman–Crippen MR) is 93.1 cm³/mol. The molecule has 0 saturated heterocycles. The Morgan fingerprint density at radius 3 is 2.23 bits per heavy atom. The summed E-state index contributed by atoms with van der Waals surface area (Å²) in [6, 6.07) is 23.1. The highest BCUT2D eigenvalue weighted by atomic mass is 16.1. The number of rotatable bonds is 4. The quantitative estimate of drug-likeness (QED) is 0.611. The van der Waals surface area contributed by atoms with Crippen LogP contribution in [0.15, 0.2) is 66.7 Å². The molecule has 0 aliphatic heterocycles. The van der Waals surface area contributed by atoms with Gasteiger partial charge in [-0.15, -0.1) is 0 Å². The minimum Gasteiger partial charge on any atom is -0.299 e. The van der Waals surface area contributed by atoms with E-state index in [-0.39, 0.29) is 11.7 Å². The Morgan fingerprint density at radius 1 is 0.864 bits per heavy atom. The van der Waals surface area contributed by atoms with Gasteiger partial charge < -0.3 is 0 Å². The van der Waals surface area contributed by atoms with Crippen molar-refractivity contribution in [3.05, 3.63) is 72.3 Å². The van der Waals surface area contributed by atoms with E-state index in [1.54, 1.807) is 6.92 Å². The van der Waals surface area contributed by atoms with Crippen LogP contribution in [-0.2, 0) is 4.79 Å². The first kappa shape index (κ1) is 14.5. The largest absolute Gasteiger partial charge is 0.299 e. The minimum atomic E-state index is -0.0188. The van der Waals surface area contributed by atoms with Gasteiger partial charge in [-0.3, -0.25) is 4.79 Å². The van der Waals surface area contributed by atoms with Gasteiger partial charge in [0.2, 0.25) is 0 Å². The first-order valence-electron chi connectivity index (χ1n) is 7.80. The monoisotopic (exact) mass is 288 g/mol. The first-order valence-corrected chi connectivity index (χ1v) is 7.80. The second-order valence-corrected chi connectivity index (χ2v) is 5.69. The fourth-order valence-electron chi connectivity index (χ4n) is 3.23. The Morgan fingerprint density at radius 2 is 1.55 bits per heavy atom. The fraction of sp³-hybridized carbons (Fsp3) is 0.190. The van der Waals surface area contributed by atoms with Crippen molar-refractivity contribution in [3.63, 3.8) is 0 Å². The maximum atomic E-state index is 12.0. The first-order chi connectivity index (χ1) is 10.7. The summed E-state index contributed by atoms with van der Waals surface area (Å²) in [6.45, 7) is 3.76. The lowest BCUT2D eigenvalue weighted by Crippen LogP contribution is -2.08. The van der Waals surface area contributed by atoms with Crippen LogP contribution in [0.3, 0.4) is 0 Å². The third kappa shape index (κ3) is 2.55. The zero-order valence-corrected chi connectivity index (χ0v) is 13.0. The van der Waals surface area contributed by atoms with Crippen molar-refractivity contribution < 1.29 is 4.79 Å². The molecule has 0 bridgehead atoms. The van der Waals surface area contributed by atoms with Gasteiger partial charge in [-0.2, -0.15) is 0 Å². The molecule has 0 amide bonds. The minimum absolute atomic E-state index is 0.0188. The number of hydrogen-bond acceptors (Lipinski definition) is 1. The molecule has 0 spiro atoms. The van der Waals surface area contributed by atoms with Gasteiger partial charge in [-0.25, -0.2) is 0 Å². The Kier molecular flexibility index (Phi) is 4.06. The molecule has 22 heavy (non-hydrogen) atoms. The van der Waals surface area contributed by atoms with Crippen molar-refractivity contribution in [3.8, 4) is 11.1 Å². The van der Waals surface area contributed by atoms with Crippen molar-refractivity contribution in [1.29, 1.82) is 0 Å². The van der Waals surface area contributed by atoms with E-state index in [0.29, 0.717) is 0 Å². The fourth-order valence-corrected chi connectivity index (χ4v) is 3.23. The van der Waals surface area contributed by atoms with Crippen LogP contribution in [0.5, 0.6) is 0 Å². The summed E-state index contributed by atoms with van der Waals surface area (Å²) < 4.78 is 0. The molecule has 0 N–H and O–H groups in total. The standard InChI is InChI=1S/C21H20O/c1-3-17(15(2)22)19-12-8-13-20-18(11-7-14-21(19)20)16-9-5-4-6-10-16/h4-14,17H,3H2,1-2H3. The molecule has 0 fully saturated rings. The molecule has 1 heteroatoms. The number of benzene rings is 3. The van der Waals surface area contributed by atoms with Crippen molar-refractivity contribution in [2.24, 2.45) is 0 Å². The highest BCUT2D eigenvalue weighted by Gasteiger charge is 2.17. The van der Waals surface area contributed by atoms with Gasteiger partial charge in [0.1, 0.15) is 5.78 Å². The van der Waals surface area contributed by atoms with E-state index in [2.05, 4.69) is 67.6 Å². The maximum absolute atomic E-state index is 12.0. The maximum Gasteiger partial charge on any atom is 0.137 e. The Hall–Kier alpha value is -2.41. The predicted octanol–water partition coefficient (Wildman–Crippen LogP) is 5.59. The summed E-state index contributed by atoms with van der Waals surface area (Å²) in [7, 11) is 0. The molecule has 0 aliphatic rings. The van der Waals surface area contributed by atoms with Crippen LogP contribution >= 0.6 is 0 Å². The molecule has 0 heterocycles. The van der Waals surface area contributed by atoms with Crippen molar-refractivity contribution in [2.45, 2.75) is 26.2 Å². The molecule has 0 aromatic heterocycles. The molecule has 0 aliphatic carbocycles. The van der Waals surface area contributed by atoms with E-state index in [9.17, 15) is 4.79 Å². The number of Topliss-reactive ketones (excluding diaryl/α,β-unsaturated/α-hetero) is 1. The molecule has 1 unspecified atom stereocenters. The van der Waals surface area contributed by atoms with Crippen LogP contribution in [0.25, 0.3) is 21.9 Å². The third-order valence-corrected chi connectivity index (χ3v) is 4.31. The third-order valence-electron chi connectivity index (χ3n) is 4.31. The summed E-state index contributed by atoms with van der Waals surface area (Å²) in [4.78, 5) is 12.0. The topological polar surface area (TPSA) is 17.1 Å². The van der Waals surface area contributed by atoms with E-state index in [1.165, 1.54) is 21.9 Å². The van der Waals surface area contributed by atoms with E-state index < -0.39 is 0 Å². The molecule has 1 nitrogen and oxygen atoms in total. The zero-order valence-electron chi connectivity index (χ0n) is 13.0. The molecule has 0 radical (unpaired) electrons. The average Bonchev–Trinajstić information content (AvgIpc) is 2.56. The summed E-state index contributed by atoms with van der Waals surface area (Å²) in [6.07, 6.45) is 0.837. The van der Waals surface area contributed by atoms with Crippen LogP contribution in [0, 0.1) is 0 Å². The van der Waals surface area contributed by atoms with Gasteiger partial charge in [-0.1, -0.05) is 73.7 Å². The van der Waals surface area contributed by atoms with Gasteiger partial charge in [0.15, 0.2) is 0 Å². The average molecular weight is 288 g/mol. The van der Waals surface area contributed by atoms with E-state index >= 15 is 0 Å². The Labute approximate surface area is 131 Å². The number of ketones is 1. The van der Waals surface area contributed by atoms with Crippen LogP contribution in [0.2, 0.25) is 0 Å². The van der Waals surface area contributed by atoms with Crippen molar-refractivity contribution in [1.82, 2.24) is 0 Å². The number of carbonyl (C=O) groups excluding carboxylic acids is 1. The second-order valence-electron chi connectivity index (χ2n) is 5.69. The SMILES string of the molecule is CCC(C(C)=O)c1cccc2c(-c3ccccc3)cccc12. The molecular formula is C21H20O. The summed E-state index contributed by atoms with van der Waals surface area (Å²) in [5.41, 5.74) is 3.57. The van der Waals surface area contributed by atoms with E-state index in [0.717, 1.165) is 12.0 Å². The smallest absolute Gasteiger partial charge is 0.137 e. The number of carbonyl (C=O) groups is 1. The van der Waals surface area contributed by atoms with Crippen LogP contribution < -0.4 is 0 Å². The highest BCUT2D eigenvalue weighted by molar-refractivity contribution is 6.00. The van der Waals surface area contributed by atoms with Gasteiger partial charge >= 0.3 is 0 Å². The summed E-state index contributed by atoms with van der Waals surface area (Å²) in [5.74, 6) is 0.217. The number of fused-ring (bicyclic) bond motifs is 1. The van der Waals surface area contributed by atoms with Crippen LogP contribution in [0.4, 0.5) is 0 Å². The molecule has 3 rings (SSSR count). The lowest BCUT2D eigenvalue weighted by Gasteiger charge is -2.16. The van der Waals surface area contributed by atoms with E-state index in [4.69, 9.17) is 0 Å². The zero-order chi connectivity index (χ0) is 15.5. The molecule has 3 aromatic carbocycles. The normalized spacial score (nSPS) is 12.3. The van der Waals surface area contributed by atoms with Crippen LogP contribution in [0.1, 0.15) is 31.7 Å². The summed E-state index contributed by atoms with van der Waals surface area (Å²) in [5, 5.41) is 2.40. The second kappa shape index (κ2) is 6.15. The summed E-state index contributed by atoms with van der Waals surface area (Å²) >= 11 is 0.